The van der Waals surface area contributed by atoms with Gasteiger partial charge >= 0.3 is 0 Å². The van der Waals surface area contributed by atoms with Gasteiger partial charge in [0.2, 0.25) is 0 Å². The number of pyridine rings is 1. The molecule has 1 heterocycles. The number of aliphatic hydroxyl groups is 1. The van der Waals surface area contributed by atoms with Crippen LogP contribution in [0.25, 0.3) is 5.57 Å². The number of halogens is 1. The second-order valence-electron chi connectivity index (χ2n) is 7.08. The highest BCUT2D eigenvalue weighted by Gasteiger charge is 2.22. The summed E-state index contributed by atoms with van der Waals surface area (Å²) in [6.45, 7) is 1.94. The molecule has 3 rings (SSSR count). The highest BCUT2D eigenvalue weighted by molar-refractivity contribution is 7.99. The Morgan fingerprint density at radius 1 is 1.32 bits per heavy atom. The third kappa shape index (κ3) is 5.16. The molecule has 1 aromatic heterocycles. The fraction of sp³-hybridized carbons (Fsp3) is 0.364. The second-order valence-corrected chi connectivity index (χ2v) is 8.62. The Labute approximate surface area is 174 Å². The molecule has 28 heavy (non-hydrogen) atoms. The van der Waals surface area contributed by atoms with Crippen molar-refractivity contribution in [3.8, 4) is 0 Å². The number of hydrogen-bond donors (Lipinski definition) is 2. The first-order chi connectivity index (χ1) is 13.5. The summed E-state index contributed by atoms with van der Waals surface area (Å²) >= 11 is 8.11. The van der Waals surface area contributed by atoms with Crippen molar-refractivity contribution in [1.29, 1.82) is 0 Å². The van der Waals surface area contributed by atoms with Crippen molar-refractivity contribution < 1.29 is 9.90 Å². The highest BCUT2D eigenvalue weighted by atomic mass is 35.5. The molecule has 1 atom stereocenters. The molecule has 2 N–H and O–H groups in total. The number of carbonyl (C=O) groups is 1. The van der Waals surface area contributed by atoms with Crippen LogP contribution < -0.4 is 5.56 Å². The van der Waals surface area contributed by atoms with Gasteiger partial charge < -0.3 is 10.1 Å². The van der Waals surface area contributed by atoms with Gasteiger partial charge in [-0.2, -0.15) is 0 Å². The van der Waals surface area contributed by atoms with Crippen LogP contribution in [-0.4, -0.2) is 28.2 Å². The third-order valence-electron chi connectivity index (χ3n) is 4.89. The average Bonchev–Trinajstić information content (AvgIpc) is 3.08. The minimum absolute atomic E-state index is 0.117. The Morgan fingerprint density at radius 2 is 2.14 bits per heavy atom. The molecule has 1 fully saturated rings. The summed E-state index contributed by atoms with van der Waals surface area (Å²) < 4.78 is 0. The van der Waals surface area contributed by atoms with E-state index in [0.717, 1.165) is 33.9 Å². The minimum atomic E-state index is -0.117. The number of rotatable bonds is 7. The molecular formula is C22H24ClNO3S. The van der Waals surface area contributed by atoms with Crippen LogP contribution >= 0.6 is 23.4 Å². The van der Waals surface area contributed by atoms with Crippen molar-refractivity contribution in [2.24, 2.45) is 5.92 Å². The van der Waals surface area contributed by atoms with Crippen molar-refractivity contribution >= 4 is 34.7 Å². The Bertz CT molecular complexity index is 951. The van der Waals surface area contributed by atoms with Crippen LogP contribution in [-0.2, 0) is 4.79 Å². The number of nitrogens with one attached hydrogen (secondary N) is 1. The third-order valence-corrected chi connectivity index (χ3v) is 6.47. The fourth-order valence-electron chi connectivity index (χ4n) is 3.30. The maximum absolute atomic E-state index is 12.1. The van der Waals surface area contributed by atoms with E-state index in [1.54, 1.807) is 18.7 Å². The van der Waals surface area contributed by atoms with Crippen molar-refractivity contribution in [3.63, 3.8) is 0 Å². The molecule has 0 amide bonds. The minimum Gasteiger partial charge on any atom is -0.396 e. The summed E-state index contributed by atoms with van der Waals surface area (Å²) in [5.41, 5.74) is 3.08. The van der Waals surface area contributed by atoms with Gasteiger partial charge in [0.05, 0.1) is 5.02 Å². The topological polar surface area (TPSA) is 70.2 Å². The lowest BCUT2D eigenvalue weighted by atomic mass is 9.96. The van der Waals surface area contributed by atoms with Crippen molar-refractivity contribution in [3.05, 3.63) is 68.6 Å². The molecule has 1 aliphatic carbocycles. The molecule has 0 bridgehead atoms. The van der Waals surface area contributed by atoms with Crippen LogP contribution in [0.1, 0.15) is 42.5 Å². The number of aromatic amines is 1. The van der Waals surface area contributed by atoms with Gasteiger partial charge in [0.1, 0.15) is 5.78 Å². The lowest BCUT2D eigenvalue weighted by Gasteiger charge is -2.13. The first-order valence-electron chi connectivity index (χ1n) is 9.45. The first kappa shape index (κ1) is 20.9. The molecule has 2 aromatic rings. The summed E-state index contributed by atoms with van der Waals surface area (Å²) in [4.78, 5) is 27.8. The van der Waals surface area contributed by atoms with E-state index in [2.05, 4.69) is 11.1 Å². The quantitative estimate of drug-likeness (QED) is 0.509. The van der Waals surface area contributed by atoms with E-state index < -0.39 is 0 Å². The zero-order chi connectivity index (χ0) is 20.1. The predicted octanol–water partition coefficient (Wildman–Crippen LogP) is 4.61. The highest BCUT2D eigenvalue weighted by Crippen LogP contribution is 2.34. The van der Waals surface area contributed by atoms with Gasteiger partial charge in [-0.05, 0) is 49.4 Å². The zero-order valence-corrected chi connectivity index (χ0v) is 17.4. The van der Waals surface area contributed by atoms with Crippen LogP contribution in [0.4, 0.5) is 0 Å². The number of thioether (sulfide) groups is 1. The first-order valence-corrected chi connectivity index (χ1v) is 10.8. The molecule has 0 radical (unpaired) electrons. The number of H-pyrrole nitrogens is 1. The summed E-state index contributed by atoms with van der Waals surface area (Å²) in [5.74, 6) is 1.25. The maximum Gasteiger partial charge on any atom is 0.251 e. The van der Waals surface area contributed by atoms with Gasteiger partial charge in [0, 0.05) is 46.9 Å². The van der Waals surface area contributed by atoms with Crippen LogP contribution in [0, 0.1) is 12.8 Å². The van der Waals surface area contributed by atoms with Gasteiger partial charge in [-0.3, -0.25) is 9.59 Å². The fourth-order valence-corrected chi connectivity index (χ4v) is 4.50. The Hall–Kier alpha value is -1.82. The molecule has 1 aliphatic rings. The number of aromatic nitrogens is 1. The normalized spacial score (nSPS) is 17.3. The lowest BCUT2D eigenvalue weighted by Crippen LogP contribution is -2.11. The number of benzene rings is 1. The van der Waals surface area contributed by atoms with Crippen molar-refractivity contribution in [2.45, 2.75) is 37.5 Å². The molecule has 1 aromatic carbocycles. The number of carbonyl (C=O) groups excluding carboxylic acids is 1. The van der Waals surface area contributed by atoms with Crippen LogP contribution in [0.3, 0.4) is 0 Å². The second kappa shape index (κ2) is 9.59. The van der Waals surface area contributed by atoms with Crippen LogP contribution in [0.2, 0.25) is 5.02 Å². The number of allylic oxidation sites excluding steroid dienone is 1. The lowest BCUT2D eigenvalue weighted by molar-refractivity contribution is -0.117. The summed E-state index contributed by atoms with van der Waals surface area (Å²) in [6.07, 6.45) is 4.80. The smallest absolute Gasteiger partial charge is 0.251 e. The molecule has 4 nitrogen and oxygen atoms in total. The monoisotopic (exact) mass is 417 g/mol. The molecular weight excluding hydrogens is 394 g/mol. The Morgan fingerprint density at radius 3 is 2.79 bits per heavy atom. The van der Waals surface area contributed by atoms with E-state index >= 15 is 0 Å². The van der Waals surface area contributed by atoms with Gasteiger partial charge in [0.15, 0.2) is 0 Å². The van der Waals surface area contributed by atoms with E-state index in [1.165, 1.54) is 0 Å². The van der Waals surface area contributed by atoms with Gasteiger partial charge in [0.25, 0.3) is 5.56 Å². The predicted molar refractivity (Wildman–Crippen MR) is 115 cm³/mol. The molecule has 0 saturated heterocycles. The number of aryl methyl sites for hydroxylation is 1. The van der Waals surface area contributed by atoms with E-state index in [0.29, 0.717) is 29.8 Å². The Kier molecular flexibility index (Phi) is 7.16. The molecule has 0 spiro atoms. The van der Waals surface area contributed by atoms with Crippen molar-refractivity contribution in [2.75, 3.05) is 12.4 Å². The molecule has 0 aliphatic heterocycles. The van der Waals surface area contributed by atoms with Crippen molar-refractivity contribution in [1.82, 2.24) is 4.98 Å². The number of ketones is 1. The van der Waals surface area contributed by atoms with Crippen LogP contribution in [0.15, 0.2) is 46.1 Å². The molecule has 6 heteroatoms. The van der Waals surface area contributed by atoms with Gasteiger partial charge in [-0.25, -0.2) is 0 Å². The van der Waals surface area contributed by atoms with E-state index in [-0.39, 0.29) is 23.9 Å². The molecule has 1 saturated carbocycles. The summed E-state index contributed by atoms with van der Waals surface area (Å²) in [7, 11) is 0. The zero-order valence-electron chi connectivity index (χ0n) is 15.8. The summed E-state index contributed by atoms with van der Waals surface area (Å²) in [5, 5.41) is 9.59. The van der Waals surface area contributed by atoms with Gasteiger partial charge in [-0.1, -0.05) is 29.8 Å². The standard InChI is InChI=1S/C22H24ClNO3S/c1-14-3-7-20(24-22(14)27)18(12-15-4-6-17(26)11-15)16-5-8-21(19(23)13-16)28-10-2-9-25/h3,5,7-8,12-13,15,25H,2,4,6,9-11H2,1H3,(H,24,27)/b18-12-/t15-/m0/s1. The average molecular weight is 418 g/mol. The van der Waals surface area contributed by atoms with E-state index in [4.69, 9.17) is 16.7 Å². The molecule has 148 valence electrons. The number of aliphatic hydroxyl groups excluding tert-OH is 1. The largest absolute Gasteiger partial charge is 0.396 e. The van der Waals surface area contributed by atoms with Gasteiger partial charge in [-0.15, -0.1) is 11.8 Å². The SMILES string of the molecule is Cc1ccc(/C(=C\[C@H]2CCC(=O)C2)c2ccc(SCCCO)c(Cl)c2)[nH]c1=O. The summed E-state index contributed by atoms with van der Waals surface area (Å²) in [6, 6.07) is 9.58. The number of Topliss-reactive ketones (excluding diaryl/α,β-unsaturated/α-hetero) is 1. The van der Waals surface area contributed by atoms with E-state index in [1.807, 2.05) is 30.3 Å². The molecule has 0 unspecified atom stereocenters. The number of hydrogen-bond acceptors (Lipinski definition) is 4. The Balaban J connectivity index is 1.97. The maximum atomic E-state index is 12.1. The van der Waals surface area contributed by atoms with Crippen LogP contribution in [0.5, 0.6) is 0 Å². The van der Waals surface area contributed by atoms with E-state index in [9.17, 15) is 9.59 Å².